The maximum Gasteiger partial charge on any atom is 0.433 e. The minimum Gasteiger partial charge on any atom is -0.495 e. The third-order valence-electron chi connectivity index (χ3n) is 5.66. The Labute approximate surface area is 207 Å². The second-order valence-electron chi connectivity index (χ2n) is 7.96. The zero-order chi connectivity index (χ0) is 25.6. The predicted molar refractivity (Wildman–Crippen MR) is 129 cm³/mol. The van der Waals surface area contributed by atoms with Crippen molar-refractivity contribution in [3.63, 3.8) is 0 Å². The van der Waals surface area contributed by atoms with Crippen LogP contribution in [0.25, 0.3) is 0 Å². The van der Waals surface area contributed by atoms with Gasteiger partial charge in [0.15, 0.2) is 0 Å². The third-order valence-corrected chi connectivity index (χ3v) is 5.97. The van der Waals surface area contributed by atoms with Crippen molar-refractivity contribution in [3.05, 3.63) is 106 Å². The summed E-state index contributed by atoms with van der Waals surface area (Å²) >= 11 is 6.21. The van der Waals surface area contributed by atoms with Gasteiger partial charge in [-0.05, 0) is 59.9 Å². The van der Waals surface area contributed by atoms with Crippen LogP contribution in [0, 0.1) is 5.82 Å². The van der Waals surface area contributed by atoms with Gasteiger partial charge in [-0.1, -0.05) is 42.4 Å². The summed E-state index contributed by atoms with van der Waals surface area (Å²) in [5.74, 6) is 0.147. The van der Waals surface area contributed by atoms with Gasteiger partial charge in [-0.2, -0.15) is 13.2 Å². The van der Waals surface area contributed by atoms with Gasteiger partial charge in [-0.25, -0.2) is 4.39 Å². The van der Waals surface area contributed by atoms with Crippen LogP contribution in [-0.2, 0) is 12.6 Å². The summed E-state index contributed by atoms with van der Waals surface area (Å²) in [6.07, 6.45) is -2.27. The van der Waals surface area contributed by atoms with E-state index in [1.165, 1.54) is 31.5 Å². The lowest BCUT2D eigenvalue weighted by molar-refractivity contribution is -0.141. The van der Waals surface area contributed by atoms with Crippen molar-refractivity contribution in [1.29, 1.82) is 0 Å². The number of aromatic nitrogens is 1. The number of likely N-dealkylation sites (N-methyl/N-ethyl adjacent to an activating group) is 1. The zero-order valence-electron chi connectivity index (χ0n) is 19.3. The molecular weight excluding hydrogens is 482 g/mol. The Bertz CT molecular complexity index is 1130. The van der Waals surface area contributed by atoms with Gasteiger partial charge >= 0.3 is 6.18 Å². The number of ether oxygens (including phenoxy) is 1. The van der Waals surface area contributed by atoms with Crippen LogP contribution in [0.3, 0.4) is 0 Å². The summed E-state index contributed by atoms with van der Waals surface area (Å²) in [4.78, 5) is 3.56. The number of rotatable bonds is 10. The molecule has 0 fully saturated rings. The molecule has 0 aliphatic heterocycles. The molecule has 4 nitrogen and oxygen atoms in total. The topological polar surface area (TPSA) is 46.2 Å². The number of hydrogen-bond donors (Lipinski definition) is 2. The van der Waals surface area contributed by atoms with Gasteiger partial charge in [0.05, 0.1) is 18.2 Å². The Morgan fingerprint density at radius 1 is 1.09 bits per heavy atom. The average molecular weight is 508 g/mol. The monoisotopic (exact) mass is 507 g/mol. The molecule has 0 saturated heterocycles. The van der Waals surface area contributed by atoms with Crippen molar-refractivity contribution < 1.29 is 22.3 Å². The summed E-state index contributed by atoms with van der Waals surface area (Å²) in [5.41, 5.74) is 2.06. The van der Waals surface area contributed by atoms with Crippen LogP contribution in [0.15, 0.2) is 73.1 Å². The van der Waals surface area contributed by atoms with E-state index in [4.69, 9.17) is 16.3 Å². The molecule has 2 atom stereocenters. The number of hydrogen-bond acceptors (Lipinski definition) is 4. The number of aryl methyl sites for hydroxylation is 1. The molecule has 3 aromatic rings. The molecule has 0 unspecified atom stereocenters. The van der Waals surface area contributed by atoms with Crippen molar-refractivity contribution in [1.82, 2.24) is 15.6 Å². The molecule has 9 heteroatoms. The Hall–Kier alpha value is -3.10. The molecule has 0 saturated carbocycles. The fourth-order valence-corrected chi connectivity index (χ4v) is 3.88. The Balaban J connectivity index is 1.91. The van der Waals surface area contributed by atoms with E-state index in [2.05, 4.69) is 22.2 Å². The minimum absolute atomic E-state index is 0.274. The largest absolute Gasteiger partial charge is 0.495 e. The normalized spacial score (nSPS) is 13.2. The number of halogens is 5. The highest BCUT2D eigenvalue weighted by atomic mass is 35.5. The van der Waals surface area contributed by atoms with E-state index in [1.807, 2.05) is 12.1 Å². The molecule has 1 aromatic heterocycles. The number of methoxy groups -OCH3 is 1. The van der Waals surface area contributed by atoms with Crippen LogP contribution < -0.4 is 15.4 Å². The Morgan fingerprint density at radius 3 is 2.34 bits per heavy atom. The van der Waals surface area contributed by atoms with Gasteiger partial charge in [0, 0.05) is 25.0 Å². The van der Waals surface area contributed by atoms with E-state index in [-0.39, 0.29) is 17.9 Å². The molecule has 0 amide bonds. The van der Waals surface area contributed by atoms with E-state index in [0.717, 1.165) is 17.2 Å². The van der Waals surface area contributed by atoms with Crippen molar-refractivity contribution in [3.8, 4) is 5.75 Å². The zero-order valence-corrected chi connectivity index (χ0v) is 20.1. The molecule has 35 heavy (non-hydrogen) atoms. The van der Waals surface area contributed by atoms with Gasteiger partial charge in [-0.15, -0.1) is 0 Å². The molecule has 0 aliphatic rings. The molecule has 1 heterocycles. The lowest BCUT2D eigenvalue weighted by Crippen LogP contribution is -2.31. The van der Waals surface area contributed by atoms with Crippen LogP contribution >= 0.6 is 11.6 Å². The molecule has 2 N–H and O–H groups in total. The van der Waals surface area contributed by atoms with Crippen LogP contribution in [-0.4, -0.2) is 19.1 Å². The molecule has 0 aliphatic carbocycles. The number of nitrogens with zero attached hydrogens (tertiary/aromatic N) is 1. The summed E-state index contributed by atoms with van der Waals surface area (Å²) in [5, 5.41) is 7.05. The summed E-state index contributed by atoms with van der Waals surface area (Å²) in [7, 11) is 3.26. The SMILES string of the molecule is C=C(NC)[C@H](N[C@H](CCc1ccc(C(F)(F)F)nc1)c1ccc(Cl)c(OC)c1)c1ccc(F)cc1. The van der Waals surface area contributed by atoms with Gasteiger partial charge < -0.3 is 10.1 Å². The van der Waals surface area contributed by atoms with E-state index in [0.29, 0.717) is 34.9 Å². The fraction of sp³-hybridized carbons (Fsp3) is 0.269. The van der Waals surface area contributed by atoms with Crippen LogP contribution in [0.2, 0.25) is 5.02 Å². The highest BCUT2D eigenvalue weighted by molar-refractivity contribution is 6.32. The Kier molecular flexibility index (Phi) is 8.75. The quantitative estimate of drug-likeness (QED) is 0.302. The van der Waals surface area contributed by atoms with Crippen molar-refractivity contribution in [2.45, 2.75) is 31.1 Å². The number of alkyl halides is 3. The first kappa shape index (κ1) is 26.5. The van der Waals surface area contributed by atoms with Crippen LogP contribution in [0.4, 0.5) is 17.6 Å². The Morgan fingerprint density at radius 2 is 1.77 bits per heavy atom. The number of nitrogens with one attached hydrogen (secondary N) is 2. The summed E-state index contributed by atoms with van der Waals surface area (Å²) in [6.45, 7) is 4.09. The van der Waals surface area contributed by atoms with Gasteiger partial charge in [0.1, 0.15) is 17.3 Å². The van der Waals surface area contributed by atoms with Gasteiger partial charge in [0.25, 0.3) is 0 Å². The highest BCUT2D eigenvalue weighted by Gasteiger charge is 2.32. The van der Waals surface area contributed by atoms with Crippen molar-refractivity contribution >= 4 is 11.6 Å². The maximum absolute atomic E-state index is 13.5. The standard InChI is InChI=1S/C26H26ClF4N3O/c1-16(32-2)25(18-6-9-20(28)10-7-18)34-22(19-8-11-21(27)23(14-19)35-3)12-4-17-5-13-24(33-15-17)26(29,30)31/h5-11,13-15,22,25,32,34H,1,4,12H2,2-3H3/t22-,25+/m1/s1. The van der Waals surface area contributed by atoms with Crippen LogP contribution in [0.5, 0.6) is 5.75 Å². The second kappa shape index (κ2) is 11.6. The maximum atomic E-state index is 13.5. The molecular formula is C26H26ClF4N3O. The lowest BCUT2D eigenvalue weighted by atomic mass is 9.96. The smallest absolute Gasteiger partial charge is 0.433 e. The molecule has 2 aromatic carbocycles. The molecule has 0 spiro atoms. The molecule has 0 bridgehead atoms. The first-order chi connectivity index (χ1) is 16.6. The van der Waals surface area contributed by atoms with Crippen LogP contribution in [0.1, 0.15) is 40.9 Å². The fourth-order valence-electron chi connectivity index (χ4n) is 3.69. The lowest BCUT2D eigenvalue weighted by Gasteiger charge is -2.28. The minimum atomic E-state index is -4.49. The predicted octanol–water partition coefficient (Wildman–Crippen LogP) is 6.64. The second-order valence-corrected chi connectivity index (χ2v) is 8.37. The average Bonchev–Trinajstić information content (AvgIpc) is 2.84. The van der Waals surface area contributed by atoms with Crippen molar-refractivity contribution in [2.24, 2.45) is 0 Å². The van der Waals surface area contributed by atoms with E-state index < -0.39 is 11.9 Å². The number of benzene rings is 2. The molecule has 0 radical (unpaired) electrons. The molecule has 3 rings (SSSR count). The third kappa shape index (κ3) is 6.96. The summed E-state index contributed by atoms with van der Waals surface area (Å²) < 4.78 is 57.5. The highest BCUT2D eigenvalue weighted by Crippen LogP contribution is 2.33. The summed E-state index contributed by atoms with van der Waals surface area (Å²) in [6, 6.07) is 13.3. The van der Waals surface area contributed by atoms with Gasteiger partial charge in [-0.3, -0.25) is 10.3 Å². The van der Waals surface area contributed by atoms with E-state index in [1.54, 1.807) is 25.2 Å². The number of pyridine rings is 1. The first-order valence-electron chi connectivity index (χ1n) is 10.9. The van der Waals surface area contributed by atoms with E-state index in [9.17, 15) is 17.6 Å². The van der Waals surface area contributed by atoms with Crippen molar-refractivity contribution in [2.75, 3.05) is 14.2 Å². The van der Waals surface area contributed by atoms with E-state index >= 15 is 0 Å². The first-order valence-corrected chi connectivity index (χ1v) is 11.2. The van der Waals surface area contributed by atoms with Gasteiger partial charge in [0.2, 0.25) is 0 Å². The molecule has 186 valence electrons.